The van der Waals surface area contributed by atoms with Gasteiger partial charge in [0.05, 0.1) is 11.0 Å². The van der Waals surface area contributed by atoms with Crippen molar-refractivity contribution in [2.24, 2.45) is 0 Å². The standard InChI is InChI=1S/C112H72BN3/c1-2-34-83(35-3-1)114-106-53-21-20-48-102(106)103-68-79(58-65-107(103)114)82-71-110-112-111(72-82)116(85-63-56-78(57-64-85)91-41-13-17-45-95(91)99-50-23-31-74-27-5-9-37-87(74)99)109-67-60-81(93-43-15-19-47-97(93)101-52-25-33-76-29-7-11-39-89(76)101)70-105(109)113(112)104-69-80(92-42-14-18-46-96(92)100-51-24-32-75-28-6-10-38-88(75)100)59-66-108(104)115(110)84-61-54-77(55-62-84)90-40-12-16-44-94(90)98-49-22-30-73-26-4-8-36-86(73)98/h1-72H. The number of para-hydroxylation sites is 2. The molecule has 0 spiro atoms. The minimum Gasteiger partial charge on any atom is -0.311 e. The van der Waals surface area contributed by atoms with E-state index in [1.165, 1.54) is 143 Å². The molecule has 0 amide bonds. The van der Waals surface area contributed by atoms with Crippen LogP contribution in [0.15, 0.2) is 437 Å². The van der Waals surface area contributed by atoms with Crippen molar-refractivity contribution in [2.75, 3.05) is 9.80 Å². The highest BCUT2D eigenvalue weighted by Crippen LogP contribution is 2.51. The molecule has 0 N–H and O–H groups in total. The van der Waals surface area contributed by atoms with Crippen molar-refractivity contribution in [1.29, 1.82) is 0 Å². The second-order valence-electron chi connectivity index (χ2n) is 30.9. The van der Waals surface area contributed by atoms with E-state index >= 15 is 0 Å². The van der Waals surface area contributed by atoms with Crippen molar-refractivity contribution >= 4 is 122 Å². The highest BCUT2D eigenvalue weighted by Gasteiger charge is 2.44. The molecule has 4 heteroatoms. The second kappa shape index (κ2) is 27.4. The Morgan fingerprint density at radius 3 is 0.888 bits per heavy atom. The lowest BCUT2D eigenvalue weighted by atomic mass is 9.33. The van der Waals surface area contributed by atoms with Crippen molar-refractivity contribution in [3.63, 3.8) is 0 Å². The van der Waals surface area contributed by atoms with E-state index < -0.39 is 0 Å². The number of fused-ring (bicyclic) bond motifs is 11. The predicted octanol–water partition coefficient (Wildman–Crippen LogP) is 28.5. The first-order valence-corrected chi connectivity index (χ1v) is 40.2. The number of anilines is 6. The number of hydrogen-bond donors (Lipinski definition) is 0. The molecule has 0 radical (unpaired) electrons. The molecule has 2 aliphatic heterocycles. The van der Waals surface area contributed by atoms with E-state index in [0.717, 1.165) is 78.7 Å². The van der Waals surface area contributed by atoms with Gasteiger partial charge in [-0.3, -0.25) is 0 Å². The average molecular weight is 1470 g/mol. The predicted molar refractivity (Wildman–Crippen MR) is 494 cm³/mol. The molecular formula is C112H72BN3. The Labute approximate surface area is 674 Å². The van der Waals surface area contributed by atoms with Gasteiger partial charge in [0, 0.05) is 50.6 Å². The maximum atomic E-state index is 2.60. The summed E-state index contributed by atoms with van der Waals surface area (Å²) in [4.78, 5) is 5.20. The zero-order valence-corrected chi connectivity index (χ0v) is 63.5. The van der Waals surface area contributed by atoms with Gasteiger partial charge in [0.25, 0.3) is 6.71 Å². The van der Waals surface area contributed by atoms with Crippen LogP contribution in [0.25, 0.3) is 171 Å². The van der Waals surface area contributed by atoms with Gasteiger partial charge >= 0.3 is 0 Å². The summed E-state index contributed by atoms with van der Waals surface area (Å²) in [5.41, 5.74) is 34.9. The summed E-state index contributed by atoms with van der Waals surface area (Å²) in [7, 11) is 0. The quantitative estimate of drug-likeness (QED) is 0.113. The smallest absolute Gasteiger partial charge is 0.252 e. The molecule has 538 valence electrons. The Bertz CT molecular complexity index is 7150. The van der Waals surface area contributed by atoms with E-state index in [4.69, 9.17) is 0 Å². The fourth-order valence-corrected chi connectivity index (χ4v) is 19.4. The van der Waals surface area contributed by atoms with Crippen molar-refractivity contribution in [1.82, 2.24) is 4.57 Å². The van der Waals surface area contributed by atoms with Gasteiger partial charge in [-0.2, -0.15) is 0 Å². The molecular weight excluding hydrogens is 1400 g/mol. The number of aromatic nitrogens is 1. The molecule has 0 saturated heterocycles. The lowest BCUT2D eigenvalue weighted by Gasteiger charge is -2.45. The van der Waals surface area contributed by atoms with Crippen LogP contribution in [-0.4, -0.2) is 11.3 Å². The maximum Gasteiger partial charge on any atom is 0.252 e. The Hall–Kier alpha value is -15.1. The lowest BCUT2D eigenvalue weighted by Crippen LogP contribution is -2.61. The molecule has 0 saturated carbocycles. The number of hydrogen-bond acceptors (Lipinski definition) is 2. The molecule has 1 aromatic heterocycles. The van der Waals surface area contributed by atoms with Gasteiger partial charge < -0.3 is 14.4 Å². The first kappa shape index (κ1) is 66.7. The number of rotatable bonds is 12. The minimum atomic E-state index is -0.272. The van der Waals surface area contributed by atoms with E-state index in [2.05, 4.69) is 451 Å². The van der Waals surface area contributed by atoms with E-state index in [1.807, 2.05) is 0 Å². The van der Waals surface area contributed by atoms with Crippen molar-refractivity contribution in [3.05, 3.63) is 437 Å². The lowest BCUT2D eigenvalue weighted by molar-refractivity contribution is 1.18. The van der Waals surface area contributed by atoms with Crippen molar-refractivity contribution < 1.29 is 0 Å². The largest absolute Gasteiger partial charge is 0.311 e. The van der Waals surface area contributed by atoms with Crippen LogP contribution in [0.2, 0.25) is 0 Å². The fraction of sp³-hybridized carbons (Fsp3) is 0. The SMILES string of the molecule is c1ccc(-n2c3ccccc3c3cc(-c4cc5c6c(c4)N(c4ccc(-c7ccccc7-c7cccc8ccccc78)cc4)c4ccc(-c7ccccc7-c7cccc8ccccc78)cc4B6c4cc(-c6ccccc6-c6cccc7ccccc67)ccc4N5c4ccc(-c5ccccc5-c5cccc6ccccc56)cc4)ccc32)cc1. The molecule has 3 heterocycles. The van der Waals surface area contributed by atoms with Crippen LogP contribution in [0.5, 0.6) is 0 Å². The van der Waals surface area contributed by atoms with Crippen LogP contribution in [0, 0.1) is 0 Å². The normalized spacial score (nSPS) is 12.3. The van der Waals surface area contributed by atoms with Gasteiger partial charge in [0.2, 0.25) is 0 Å². The zero-order chi connectivity index (χ0) is 76.3. The maximum absolute atomic E-state index is 2.60. The third-order valence-electron chi connectivity index (χ3n) is 24.6. The van der Waals surface area contributed by atoms with E-state index in [9.17, 15) is 0 Å². The molecule has 2 aliphatic rings. The Balaban J connectivity index is 0.795. The highest BCUT2D eigenvalue weighted by molar-refractivity contribution is 7.00. The molecule has 0 aliphatic carbocycles. The molecule has 23 rings (SSSR count). The molecule has 0 unspecified atom stereocenters. The van der Waals surface area contributed by atoms with Gasteiger partial charge in [-0.15, -0.1) is 0 Å². The summed E-state index contributed by atoms with van der Waals surface area (Å²) >= 11 is 0. The summed E-state index contributed by atoms with van der Waals surface area (Å²) in [5.74, 6) is 0. The van der Waals surface area contributed by atoms with Crippen LogP contribution in [0.4, 0.5) is 34.1 Å². The van der Waals surface area contributed by atoms with Gasteiger partial charge in [-0.05, 0) is 238 Å². The molecule has 0 fully saturated rings. The van der Waals surface area contributed by atoms with Gasteiger partial charge in [-0.1, -0.05) is 358 Å². The van der Waals surface area contributed by atoms with E-state index in [-0.39, 0.29) is 6.71 Å². The van der Waals surface area contributed by atoms with Crippen LogP contribution >= 0.6 is 0 Å². The van der Waals surface area contributed by atoms with Crippen LogP contribution in [-0.2, 0) is 0 Å². The average Bonchev–Trinajstić information content (AvgIpc) is 0.764. The third-order valence-corrected chi connectivity index (χ3v) is 24.6. The Morgan fingerprint density at radius 1 is 0.164 bits per heavy atom. The van der Waals surface area contributed by atoms with Gasteiger partial charge in [0.15, 0.2) is 0 Å². The second-order valence-corrected chi connectivity index (χ2v) is 30.9. The first-order chi connectivity index (χ1) is 57.6. The Kier molecular flexibility index (Phi) is 15.7. The molecule has 21 aromatic rings. The zero-order valence-electron chi connectivity index (χ0n) is 63.5. The van der Waals surface area contributed by atoms with E-state index in [1.54, 1.807) is 0 Å². The third kappa shape index (κ3) is 10.9. The Morgan fingerprint density at radius 2 is 0.474 bits per heavy atom. The topological polar surface area (TPSA) is 11.4 Å². The van der Waals surface area contributed by atoms with Crippen LogP contribution in [0.1, 0.15) is 0 Å². The highest BCUT2D eigenvalue weighted by atomic mass is 15.2. The number of nitrogens with zero attached hydrogens (tertiary/aromatic N) is 3. The first-order valence-electron chi connectivity index (χ1n) is 40.2. The molecule has 0 atom stereocenters. The molecule has 0 bridgehead atoms. The summed E-state index contributed by atoms with van der Waals surface area (Å²) in [6.45, 7) is -0.272. The van der Waals surface area contributed by atoms with Gasteiger partial charge in [-0.25, -0.2) is 0 Å². The molecule has 3 nitrogen and oxygen atoms in total. The van der Waals surface area contributed by atoms with E-state index in [0.29, 0.717) is 0 Å². The fourth-order valence-electron chi connectivity index (χ4n) is 19.4. The van der Waals surface area contributed by atoms with Crippen LogP contribution in [0.3, 0.4) is 0 Å². The summed E-state index contributed by atoms with van der Waals surface area (Å²) < 4.78 is 2.42. The minimum absolute atomic E-state index is 0.272. The summed E-state index contributed by atoms with van der Waals surface area (Å²) in [6, 6.07) is 164. The number of benzene rings is 20. The molecule has 20 aromatic carbocycles. The summed E-state index contributed by atoms with van der Waals surface area (Å²) in [5, 5.41) is 12.2. The van der Waals surface area contributed by atoms with Crippen molar-refractivity contribution in [2.45, 2.75) is 0 Å². The van der Waals surface area contributed by atoms with Crippen molar-refractivity contribution in [3.8, 4) is 106 Å². The van der Waals surface area contributed by atoms with Crippen LogP contribution < -0.4 is 26.2 Å². The summed E-state index contributed by atoms with van der Waals surface area (Å²) in [6.07, 6.45) is 0. The monoisotopic (exact) mass is 1470 g/mol. The van der Waals surface area contributed by atoms with Gasteiger partial charge in [0.1, 0.15) is 0 Å². The molecule has 116 heavy (non-hydrogen) atoms.